The summed E-state index contributed by atoms with van der Waals surface area (Å²) in [6, 6.07) is 9.69. The fourth-order valence-corrected chi connectivity index (χ4v) is 4.74. The number of esters is 1. The summed E-state index contributed by atoms with van der Waals surface area (Å²) in [7, 11) is 1.32. The molecule has 3 rings (SSSR count). The van der Waals surface area contributed by atoms with Gasteiger partial charge in [-0.1, -0.05) is 41.3 Å². The molecule has 0 saturated carbocycles. The normalized spacial score (nSPS) is 11.9. The van der Waals surface area contributed by atoms with E-state index in [1.54, 1.807) is 13.8 Å². The molecule has 0 spiro atoms. The lowest BCUT2D eigenvalue weighted by Crippen LogP contribution is -2.15. The van der Waals surface area contributed by atoms with Crippen LogP contribution in [0.3, 0.4) is 0 Å². The van der Waals surface area contributed by atoms with Crippen LogP contribution in [0.25, 0.3) is 0 Å². The Morgan fingerprint density at radius 2 is 1.93 bits per heavy atom. The summed E-state index contributed by atoms with van der Waals surface area (Å²) in [6.07, 6.45) is 0. The Bertz CT molecular complexity index is 998. The van der Waals surface area contributed by atoms with Gasteiger partial charge in [-0.05, 0) is 38.5 Å². The van der Waals surface area contributed by atoms with E-state index in [1.165, 1.54) is 30.2 Å². The van der Waals surface area contributed by atoms with Gasteiger partial charge in [-0.3, -0.25) is 4.79 Å². The highest BCUT2D eigenvalue weighted by Crippen LogP contribution is 2.32. The van der Waals surface area contributed by atoms with E-state index in [4.69, 9.17) is 4.74 Å². The molecule has 7 nitrogen and oxygen atoms in total. The van der Waals surface area contributed by atoms with Crippen molar-refractivity contribution in [3.05, 3.63) is 52.8 Å². The number of benzene rings is 1. The average Bonchev–Trinajstić information content (AvgIpc) is 3.24. The fraction of sp³-hybridized carbons (Fsp3) is 0.263. The minimum atomic E-state index is -0.452. The third-order valence-electron chi connectivity index (χ3n) is 4.15. The molecular formula is C19H20N4O3S2. The first-order valence-corrected chi connectivity index (χ1v) is 10.2. The van der Waals surface area contributed by atoms with Crippen molar-refractivity contribution in [2.75, 3.05) is 12.4 Å². The molecule has 0 aliphatic heterocycles. The summed E-state index contributed by atoms with van der Waals surface area (Å²) < 4.78 is 5.49. The number of para-hydroxylation sites is 1. The summed E-state index contributed by atoms with van der Waals surface area (Å²) in [4.78, 5) is 27.8. The maximum atomic E-state index is 12.9. The van der Waals surface area contributed by atoms with Crippen LogP contribution in [0.5, 0.6) is 0 Å². The molecule has 3 aromatic rings. The number of thioether (sulfide) groups is 1. The second kappa shape index (κ2) is 8.57. The van der Waals surface area contributed by atoms with Gasteiger partial charge in [0.15, 0.2) is 10.1 Å². The predicted molar refractivity (Wildman–Crippen MR) is 111 cm³/mol. The number of carbonyl (C=O) groups is 2. The summed E-state index contributed by atoms with van der Waals surface area (Å²) in [6.45, 7) is 5.31. The Kier molecular flexibility index (Phi) is 6.15. The van der Waals surface area contributed by atoms with Gasteiger partial charge in [-0.2, -0.15) is 0 Å². The Balaban J connectivity index is 1.71. The van der Waals surface area contributed by atoms with Gasteiger partial charge in [0, 0.05) is 11.4 Å². The number of aromatic nitrogens is 3. The number of ketones is 1. The van der Waals surface area contributed by atoms with Crippen molar-refractivity contribution in [3.8, 4) is 0 Å². The second-order valence-electron chi connectivity index (χ2n) is 6.11. The van der Waals surface area contributed by atoms with Crippen LogP contribution >= 0.6 is 23.1 Å². The first-order valence-electron chi connectivity index (χ1n) is 8.54. The quantitative estimate of drug-likeness (QED) is 0.335. The SMILES string of the molecule is COC(=O)c1c(C)[nH]c(C(=O)[C@H](C)Sc2nnc(Nc3ccccc3)s2)c1C. The van der Waals surface area contributed by atoms with Gasteiger partial charge in [0.1, 0.15) is 0 Å². The number of aromatic amines is 1. The van der Waals surface area contributed by atoms with E-state index in [0.29, 0.717) is 32.0 Å². The van der Waals surface area contributed by atoms with Gasteiger partial charge in [-0.15, -0.1) is 10.2 Å². The van der Waals surface area contributed by atoms with Gasteiger partial charge >= 0.3 is 5.97 Å². The fourth-order valence-electron chi connectivity index (χ4n) is 2.77. The van der Waals surface area contributed by atoms with Crippen LogP contribution in [-0.4, -0.2) is 39.3 Å². The molecule has 0 bridgehead atoms. The topological polar surface area (TPSA) is 97.0 Å². The van der Waals surface area contributed by atoms with Gasteiger partial charge < -0.3 is 15.0 Å². The molecule has 2 N–H and O–H groups in total. The van der Waals surface area contributed by atoms with Crippen molar-refractivity contribution in [1.82, 2.24) is 15.2 Å². The molecule has 2 heterocycles. The Hall–Kier alpha value is -2.65. The number of carbonyl (C=O) groups excluding carboxylic acids is 2. The van der Waals surface area contributed by atoms with E-state index in [0.717, 1.165) is 5.69 Å². The van der Waals surface area contributed by atoms with Crippen molar-refractivity contribution in [3.63, 3.8) is 0 Å². The zero-order chi connectivity index (χ0) is 20.3. The molecule has 0 radical (unpaired) electrons. The molecule has 0 amide bonds. The molecule has 0 saturated heterocycles. The maximum Gasteiger partial charge on any atom is 0.339 e. The molecule has 0 aliphatic carbocycles. The number of nitrogens with zero attached hydrogens (tertiary/aromatic N) is 2. The number of anilines is 2. The number of hydrogen-bond donors (Lipinski definition) is 2. The lowest BCUT2D eigenvalue weighted by molar-refractivity contribution is 0.0599. The molecule has 2 aromatic heterocycles. The van der Waals surface area contributed by atoms with E-state index in [2.05, 4.69) is 20.5 Å². The number of nitrogens with one attached hydrogen (secondary N) is 2. The van der Waals surface area contributed by atoms with Crippen molar-refractivity contribution in [1.29, 1.82) is 0 Å². The number of ether oxygens (including phenoxy) is 1. The van der Waals surface area contributed by atoms with Crippen LogP contribution in [0.1, 0.15) is 39.0 Å². The number of hydrogen-bond acceptors (Lipinski definition) is 8. The zero-order valence-corrected chi connectivity index (χ0v) is 17.5. The molecule has 9 heteroatoms. The van der Waals surface area contributed by atoms with Gasteiger partial charge in [-0.25, -0.2) is 4.79 Å². The number of H-pyrrole nitrogens is 1. The number of aryl methyl sites for hydroxylation is 1. The van der Waals surface area contributed by atoms with Crippen LogP contribution in [0, 0.1) is 13.8 Å². The molecule has 146 valence electrons. The number of rotatable bonds is 7. The van der Waals surface area contributed by atoms with E-state index in [-0.39, 0.29) is 11.0 Å². The van der Waals surface area contributed by atoms with Crippen molar-refractivity contribution in [2.24, 2.45) is 0 Å². The first-order chi connectivity index (χ1) is 13.4. The predicted octanol–water partition coefficient (Wildman–Crippen LogP) is 4.38. The van der Waals surface area contributed by atoms with Crippen LogP contribution < -0.4 is 5.32 Å². The monoisotopic (exact) mass is 416 g/mol. The standard InChI is InChI=1S/C19H20N4O3S2/c1-10-14(17(25)26-4)11(2)20-15(10)16(24)12(3)27-19-23-22-18(28-19)21-13-8-6-5-7-9-13/h5-9,12,20H,1-4H3,(H,21,22)/t12-/m0/s1. The molecule has 1 aromatic carbocycles. The highest BCUT2D eigenvalue weighted by molar-refractivity contribution is 8.02. The molecule has 1 atom stereocenters. The Morgan fingerprint density at radius 3 is 2.61 bits per heavy atom. The zero-order valence-electron chi connectivity index (χ0n) is 15.9. The summed E-state index contributed by atoms with van der Waals surface area (Å²) in [5.41, 5.74) is 2.98. The lowest BCUT2D eigenvalue weighted by atomic mass is 10.1. The van der Waals surface area contributed by atoms with Gasteiger partial charge in [0.2, 0.25) is 5.13 Å². The third-order valence-corrected chi connectivity index (χ3v) is 6.17. The van der Waals surface area contributed by atoms with E-state index in [9.17, 15) is 9.59 Å². The molecular weight excluding hydrogens is 396 g/mol. The lowest BCUT2D eigenvalue weighted by Gasteiger charge is -2.07. The Labute approximate surface area is 170 Å². The van der Waals surface area contributed by atoms with E-state index < -0.39 is 5.97 Å². The smallest absolute Gasteiger partial charge is 0.339 e. The summed E-state index contributed by atoms with van der Waals surface area (Å²) >= 11 is 2.72. The Morgan fingerprint density at radius 1 is 1.21 bits per heavy atom. The molecule has 0 aliphatic rings. The van der Waals surface area contributed by atoms with Crippen LogP contribution in [0.15, 0.2) is 34.7 Å². The largest absolute Gasteiger partial charge is 0.465 e. The average molecular weight is 417 g/mol. The molecule has 0 unspecified atom stereocenters. The number of methoxy groups -OCH3 is 1. The third kappa shape index (κ3) is 4.26. The van der Waals surface area contributed by atoms with E-state index >= 15 is 0 Å². The maximum absolute atomic E-state index is 12.9. The first kappa shape index (κ1) is 20.1. The minimum absolute atomic E-state index is 0.103. The van der Waals surface area contributed by atoms with Crippen molar-refractivity contribution >= 4 is 45.7 Å². The van der Waals surface area contributed by atoms with Gasteiger partial charge in [0.05, 0.1) is 23.6 Å². The highest BCUT2D eigenvalue weighted by atomic mass is 32.2. The van der Waals surface area contributed by atoms with Crippen molar-refractivity contribution in [2.45, 2.75) is 30.4 Å². The van der Waals surface area contributed by atoms with Crippen molar-refractivity contribution < 1.29 is 14.3 Å². The highest BCUT2D eigenvalue weighted by Gasteiger charge is 2.26. The minimum Gasteiger partial charge on any atom is -0.465 e. The summed E-state index contributed by atoms with van der Waals surface area (Å²) in [5.74, 6) is -0.556. The van der Waals surface area contributed by atoms with Crippen LogP contribution in [0.4, 0.5) is 10.8 Å². The second-order valence-corrected chi connectivity index (χ2v) is 8.67. The molecule has 28 heavy (non-hydrogen) atoms. The van der Waals surface area contributed by atoms with Gasteiger partial charge in [0.25, 0.3) is 0 Å². The molecule has 0 fully saturated rings. The summed E-state index contributed by atoms with van der Waals surface area (Å²) in [5, 5.41) is 11.7. The van der Waals surface area contributed by atoms with Crippen LogP contribution in [-0.2, 0) is 4.74 Å². The van der Waals surface area contributed by atoms with Crippen LogP contribution in [0.2, 0.25) is 0 Å². The van der Waals surface area contributed by atoms with E-state index in [1.807, 2.05) is 37.3 Å². The number of Topliss-reactive ketones (excluding diaryl/α,β-unsaturated/α-hetero) is 1.